The number of hydrogen-bond donors (Lipinski definition) is 2. The van der Waals surface area contributed by atoms with Gasteiger partial charge in [-0.1, -0.05) is 0 Å². The Bertz CT molecular complexity index is 389. The van der Waals surface area contributed by atoms with Gasteiger partial charge in [0.25, 0.3) is 0 Å². The lowest BCUT2D eigenvalue weighted by atomic mass is 10.2. The Morgan fingerprint density at radius 3 is 3.12 bits per heavy atom. The van der Waals surface area contributed by atoms with Crippen molar-refractivity contribution in [3.8, 4) is 0 Å². The third kappa shape index (κ3) is 3.20. The molecule has 0 aliphatic carbocycles. The van der Waals surface area contributed by atoms with E-state index in [0.717, 1.165) is 13.0 Å². The molecule has 1 aliphatic heterocycles. The number of carbonyl (C=O) groups excluding carboxylic acids is 1. The van der Waals surface area contributed by atoms with E-state index >= 15 is 0 Å². The molecule has 1 atom stereocenters. The van der Waals surface area contributed by atoms with Gasteiger partial charge in [-0.25, -0.2) is 0 Å². The number of nitrogens with zero attached hydrogens (tertiary/aromatic N) is 3. The molecule has 2 rings (SSSR count). The van der Waals surface area contributed by atoms with Crippen LogP contribution in [0.5, 0.6) is 0 Å². The molecule has 1 aromatic heterocycles. The van der Waals surface area contributed by atoms with Crippen LogP contribution < -0.4 is 11.1 Å². The zero-order chi connectivity index (χ0) is 12.3. The van der Waals surface area contributed by atoms with Crippen molar-refractivity contribution in [3.05, 3.63) is 12.4 Å². The molecular formula is C11H19N5O. The molecule has 6 heteroatoms. The van der Waals surface area contributed by atoms with E-state index in [2.05, 4.69) is 22.4 Å². The fourth-order valence-electron chi connectivity index (χ4n) is 2.14. The second-order valence-electron chi connectivity index (χ2n) is 4.55. The first-order valence-electron chi connectivity index (χ1n) is 5.90. The summed E-state index contributed by atoms with van der Waals surface area (Å²) in [6.07, 6.45) is 5.57. The molecule has 1 saturated heterocycles. The van der Waals surface area contributed by atoms with Gasteiger partial charge in [0, 0.05) is 18.8 Å². The monoisotopic (exact) mass is 237 g/mol. The Labute approximate surface area is 101 Å². The van der Waals surface area contributed by atoms with Gasteiger partial charge < -0.3 is 16.0 Å². The molecule has 1 aromatic rings. The summed E-state index contributed by atoms with van der Waals surface area (Å²) in [6.45, 7) is 2.07. The van der Waals surface area contributed by atoms with Crippen LogP contribution in [0.1, 0.15) is 12.8 Å². The Kier molecular flexibility index (Phi) is 3.63. The summed E-state index contributed by atoms with van der Waals surface area (Å²) >= 11 is 0. The van der Waals surface area contributed by atoms with Crippen molar-refractivity contribution in [2.45, 2.75) is 25.4 Å². The number of rotatable bonds is 4. The van der Waals surface area contributed by atoms with E-state index in [-0.39, 0.29) is 12.5 Å². The fourth-order valence-corrected chi connectivity index (χ4v) is 2.14. The van der Waals surface area contributed by atoms with Gasteiger partial charge in [-0.05, 0) is 26.4 Å². The highest BCUT2D eigenvalue weighted by atomic mass is 16.2. The molecule has 0 saturated carbocycles. The number of amides is 1. The van der Waals surface area contributed by atoms with Gasteiger partial charge in [-0.15, -0.1) is 0 Å². The molecule has 2 heterocycles. The number of carbonyl (C=O) groups is 1. The lowest BCUT2D eigenvalue weighted by molar-refractivity contribution is -0.122. The van der Waals surface area contributed by atoms with E-state index in [0.29, 0.717) is 18.3 Å². The summed E-state index contributed by atoms with van der Waals surface area (Å²) in [5, 5.41) is 6.90. The third-order valence-electron chi connectivity index (χ3n) is 3.17. The molecule has 17 heavy (non-hydrogen) atoms. The zero-order valence-corrected chi connectivity index (χ0v) is 10.1. The van der Waals surface area contributed by atoms with E-state index < -0.39 is 0 Å². The number of likely N-dealkylation sites (tertiary alicyclic amines) is 1. The van der Waals surface area contributed by atoms with Gasteiger partial charge in [0.15, 0.2) is 0 Å². The maximum Gasteiger partial charge on any atom is 0.241 e. The standard InChI is InChI=1S/C11H19N5O/c1-15-4-2-3-10(15)6-13-11(17)8-16-7-9(12)5-14-16/h5,7,10H,2-4,6,8,12H2,1H3,(H,13,17). The van der Waals surface area contributed by atoms with Crippen molar-refractivity contribution in [2.75, 3.05) is 25.9 Å². The van der Waals surface area contributed by atoms with Crippen LogP contribution >= 0.6 is 0 Å². The number of aromatic nitrogens is 2. The number of nitrogen functional groups attached to an aromatic ring is 1. The first-order chi connectivity index (χ1) is 8.15. The first kappa shape index (κ1) is 11.9. The molecule has 1 aliphatic rings. The summed E-state index contributed by atoms with van der Waals surface area (Å²) in [5.41, 5.74) is 6.10. The number of nitrogens with two attached hydrogens (primary N) is 1. The molecule has 3 N–H and O–H groups in total. The largest absolute Gasteiger partial charge is 0.396 e. The Balaban J connectivity index is 1.74. The Morgan fingerprint density at radius 1 is 1.71 bits per heavy atom. The average molecular weight is 237 g/mol. The molecule has 0 aromatic carbocycles. The minimum atomic E-state index is -0.0200. The van der Waals surface area contributed by atoms with Crippen LogP contribution in [0.15, 0.2) is 12.4 Å². The van der Waals surface area contributed by atoms with Crippen LogP contribution in [0.25, 0.3) is 0 Å². The zero-order valence-electron chi connectivity index (χ0n) is 10.1. The van der Waals surface area contributed by atoms with Gasteiger partial charge in [-0.2, -0.15) is 5.10 Å². The normalized spacial score (nSPS) is 20.6. The van der Waals surface area contributed by atoms with Crippen molar-refractivity contribution in [3.63, 3.8) is 0 Å². The van der Waals surface area contributed by atoms with Crippen LogP contribution in [-0.4, -0.2) is 46.8 Å². The minimum Gasteiger partial charge on any atom is -0.396 e. The van der Waals surface area contributed by atoms with Crippen molar-refractivity contribution in [1.82, 2.24) is 20.0 Å². The molecule has 0 spiro atoms. The minimum absolute atomic E-state index is 0.0200. The average Bonchev–Trinajstić information content (AvgIpc) is 2.85. The van der Waals surface area contributed by atoms with Gasteiger partial charge >= 0.3 is 0 Å². The van der Waals surface area contributed by atoms with Gasteiger partial charge in [0.1, 0.15) is 6.54 Å². The number of hydrogen-bond acceptors (Lipinski definition) is 4. The SMILES string of the molecule is CN1CCCC1CNC(=O)Cn1cc(N)cn1. The summed E-state index contributed by atoms with van der Waals surface area (Å²) in [5.74, 6) is -0.0200. The summed E-state index contributed by atoms with van der Waals surface area (Å²) < 4.78 is 1.54. The fraction of sp³-hybridized carbons (Fsp3) is 0.636. The van der Waals surface area contributed by atoms with Crippen LogP contribution in [0.2, 0.25) is 0 Å². The molecular weight excluding hydrogens is 218 g/mol. The van der Waals surface area contributed by atoms with E-state index in [1.807, 2.05) is 0 Å². The second-order valence-corrected chi connectivity index (χ2v) is 4.55. The highest BCUT2D eigenvalue weighted by Gasteiger charge is 2.20. The van der Waals surface area contributed by atoms with Gasteiger partial charge in [-0.3, -0.25) is 9.48 Å². The van der Waals surface area contributed by atoms with Crippen LogP contribution in [0, 0.1) is 0 Å². The molecule has 1 amide bonds. The topological polar surface area (TPSA) is 76.2 Å². The van der Waals surface area contributed by atoms with Crippen molar-refractivity contribution in [1.29, 1.82) is 0 Å². The van der Waals surface area contributed by atoms with E-state index in [9.17, 15) is 4.79 Å². The number of nitrogens with one attached hydrogen (secondary N) is 1. The molecule has 94 valence electrons. The molecule has 1 fully saturated rings. The van der Waals surface area contributed by atoms with E-state index in [1.165, 1.54) is 12.6 Å². The van der Waals surface area contributed by atoms with Crippen molar-refractivity contribution < 1.29 is 4.79 Å². The molecule has 0 bridgehead atoms. The number of anilines is 1. The lowest BCUT2D eigenvalue weighted by Gasteiger charge is -2.19. The number of likely N-dealkylation sites (N-methyl/N-ethyl adjacent to an activating group) is 1. The Morgan fingerprint density at radius 2 is 2.53 bits per heavy atom. The summed E-state index contributed by atoms with van der Waals surface area (Å²) in [7, 11) is 2.10. The van der Waals surface area contributed by atoms with Gasteiger partial charge in [0.2, 0.25) is 5.91 Å². The predicted molar refractivity (Wildman–Crippen MR) is 65.3 cm³/mol. The first-order valence-corrected chi connectivity index (χ1v) is 5.90. The summed E-state index contributed by atoms with van der Waals surface area (Å²) in [6, 6.07) is 0.474. The molecule has 0 radical (unpaired) electrons. The van der Waals surface area contributed by atoms with Crippen LogP contribution in [0.3, 0.4) is 0 Å². The van der Waals surface area contributed by atoms with E-state index in [4.69, 9.17) is 5.73 Å². The Hall–Kier alpha value is -1.56. The summed E-state index contributed by atoms with van der Waals surface area (Å²) in [4.78, 5) is 13.9. The van der Waals surface area contributed by atoms with Crippen molar-refractivity contribution in [2.24, 2.45) is 0 Å². The van der Waals surface area contributed by atoms with Crippen LogP contribution in [-0.2, 0) is 11.3 Å². The maximum absolute atomic E-state index is 11.7. The second kappa shape index (κ2) is 5.18. The van der Waals surface area contributed by atoms with Crippen molar-refractivity contribution >= 4 is 11.6 Å². The quantitative estimate of drug-likeness (QED) is 0.752. The molecule has 1 unspecified atom stereocenters. The maximum atomic E-state index is 11.7. The molecule has 6 nitrogen and oxygen atoms in total. The smallest absolute Gasteiger partial charge is 0.241 e. The third-order valence-corrected chi connectivity index (χ3v) is 3.17. The predicted octanol–water partition coefficient (Wildman–Crippen LogP) is -0.324. The van der Waals surface area contributed by atoms with E-state index in [1.54, 1.807) is 10.9 Å². The van der Waals surface area contributed by atoms with Gasteiger partial charge in [0.05, 0.1) is 11.9 Å². The highest BCUT2D eigenvalue weighted by Crippen LogP contribution is 2.13. The highest BCUT2D eigenvalue weighted by molar-refractivity contribution is 5.75. The lowest BCUT2D eigenvalue weighted by Crippen LogP contribution is -2.39. The van der Waals surface area contributed by atoms with Crippen LogP contribution in [0.4, 0.5) is 5.69 Å².